The Labute approximate surface area is 68.3 Å². The maximum absolute atomic E-state index is 12.0. The van der Waals surface area contributed by atoms with Crippen molar-refractivity contribution in [3.05, 3.63) is 0 Å². The Morgan fingerprint density at radius 2 is 1.50 bits per heavy atom. The van der Waals surface area contributed by atoms with E-state index in [4.69, 9.17) is 23.2 Å². The lowest BCUT2D eigenvalue weighted by Gasteiger charge is -2.25. The highest BCUT2D eigenvalue weighted by Gasteiger charge is 2.53. The van der Waals surface area contributed by atoms with Crippen LogP contribution in [-0.4, -0.2) is 18.3 Å². The van der Waals surface area contributed by atoms with Gasteiger partial charge in [-0.1, -0.05) is 13.1 Å². The van der Waals surface area contributed by atoms with Crippen LogP contribution in [0.25, 0.3) is 0 Å². The summed E-state index contributed by atoms with van der Waals surface area (Å²) in [4.78, 5) is 0. The molecule has 0 aliphatic rings. The third-order valence-electron chi connectivity index (χ3n) is 1.28. The van der Waals surface area contributed by atoms with E-state index in [1.54, 1.807) is 0 Å². The zero-order valence-electron chi connectivity index (χ0n) is 5.47. The minimum Gasteiger partial charge on any atom is -0.177 e. The second-order valence-electron chi connectivity index (χ2n) is 2.52. The first-order valence-corrected chi connectivity index (χ1v) is 6.49. The molecule has 0 unspecified atom stereocenters. The van der Waals surface area contributed by atoms with Gasteiger partial charge in [0.25, 0.3) is 0 Å². The quantitative estimate of drug-likeness (QED) is 0.461. The first kappa shape index (κ1) is 10.6. The van der Waals surface area contributed by atoms with E-state index in [-0.39, 0.29) is 0 Å². The fraction of sp³-hybridized carbons (Fsp3) is 1.00. The van der Waals surface area contributed by atoms with E-state index in [0.717, 1.165) is 13.1 Å². The van der Waals surface area contributed by atoms with Crippen molar-refractivity contribution in [2.75, 3.05) is 0 Å². The molecule has 0 bridgehead atoms. The first-order chi connectivity index (χ1) is 4.19. The van der Waals surface area contributed by atoms with Crippen molar-refractivity contribution >= 4 is 31.3 Å². The Kier molecular flexibility index (Phi) is 3.08. The molecule has 0 aromatic rings. The van der Waals surface area contributed by atoms with Crippen LogP contribution in [-0.2, 0) is 0 Å². The van der Waals surface area contributed by atoms with E-state index < -0.39 is 18.3 Å². The minimum atomic E-state index is -4.21. The van der Waals surface area contributed by atoms with Crippen LogP contribution in [0.15, 0.2) is 0 Å². The van der Waals surface area contributed by atoms with Crippen LogP contribution in [0.4, 0.5) is 13.2 Å². The van der Waals surface area contributed by atoms with Crippen LogP contribution in [0, 0.1) is 0 Å². The number of rotatable bonds is 1. The number of hydrogen-bond donors (Lipinski definition) is 0. The van der Waals surface area contributed by atoms with Crippen molar-refractivity contribution in [2.45, 2.75) is 23.4 Å². The van der Waals surface area contributed by atoms with Crippen molar-refractivity contribution in [2.24, 2.45) is 0 Å². The van der Waals surface area contributed by atoms with E-state index in [2.05, 4.69) is 0 Å². The molecule has 0 N–H and O–H groups in total. The Hall–Kier alpha value is 0.587. The molecular formula is C4H7Cl2F3Si. The summed E-state index contributed by atoms with van der Waals surface area (Å²) in [6, 6.07) is 0. The smallest absolute Gasteiger partial charge is 0.177 e. The normalized spacial score (nSPS) is 14.4. The molecule has 6 heteroatoms. The molecule has 0 spiro atoms. The van der Waals surface area contributed by atoms with Crippen molar-refractivity contribution in [3.8, 4) is 0 Å². The SMILES string of the molecule is C[Si](C)(C(Cl)Cl)C(F)(F)F. The summed E-state index contributed by atoms with van der Waals surface area (Å²) in [5.74, 6) is -4.21. The Morgan fingerprint density at radius 3 is 1.50 bits per heavy atom. The number of hydrogen-bond acceptors (Lipinski definition) is 0. The second-order valence-corrected chi connectivity index (χ2v) is 8.94. The van der Waals surface area contributed by atoms with Gasteiger partial charge in [0, 0.05) is 0 Å². The topological polar surface area (TPSA) is 0 Å². The van der Waals surface area contributed by atoms with Gasteiger partial charge in [-0.2, -0.15) is 13.2 Å². The maximum atomic E-state index is 12.0. The van der Waals surface area contributed by atoms with Crippen LogP contribution in [0.3, 0.4) is 0 Å². The summed E-state index contributed by atoms with van der Waals surface area (Å²) < 4.78 is 34.6. The molecule has 0 rings (SSSR count). The summed E-state index contributed by atoms with van der Waals surface area (Å²) in [6.07, 6.45) is 0. The molecule has 0 heterocycles. The Bertz CT molecular complexity index is 120. The van der Waals surface area contributed by atoms with Gasteiger partial charge >= 0.3 is 5.80 Å². The van der Waals surface area contributed by atoms with Crippen LogP contribution in [0.1, 0.15) is 0 Å². The molecule has 0 amide bonds. The third-order valence-corrected chi connectivity index (χ3v) is 7.10. The van der Waals surface area contributed by atoms with Gasteiger partial charge in [-0.3, -0.25) is 0 Å². The zero-order valence-corrected chi connectivity index (χ0v) is 7.98. The van der Waals surface area contributed by atoms with Crippen molar-refractivity contribution in [1.29, 1.82) is 0 Å². The lowest BCUT2D eigenvalue weighted by molar-refractivity contribution is -0.0558. The van der Waals surface area contributed by atoms with Gasteiger partial charge in [0.2, 0.25) is 8.07 Å². The molecule has 0 aliphatic heterocycles. The summed E-state index contributed by atoms with van der Waals surface area (Å²) >= 11 is 10.3. The minimum absolute atomic E-state index is 1.09. The molecule has 0 radical (unpaired) electrons. The van der Waals surface area contributed by atoms with Crippen LogP contribution >= 0.6 is 23.2 Å². The predicted octanol–water partition coefficient (Wildman–Crippen LogP) is 3.14. The average Bonchev–Trinajstić information content (AvgIpc) is 1.62. The number of halogens is 5. The predicted molar refractivity (Wildman–Crippen MR) is 39.0 cm³/mol. The van der Waals surface area contributed by atoms with Gasteiger partial charge in [0.1, 0.15) is 4.46 Å². The van der Waals surface area contributed by atoms with Gasteiger partial charge in [0.05, 0.1) is 0 Å². The standard InChI is InChI=1S/C4H7Cl2F3Si/c1-10(2,3(5)6)4(7,8)9/h3H,1-2H3. The first-order valence-electron chi connectivity index (χ1n) is 2.54. The van der Waals surface area contributed by atoms with Gasteiger partial charge in [-0.05, 0) is 0 Å². The fourth-order valence-corrected chi connectivity index (χ4v) is 1.11. The molecule has 0 saturated carbocycles. The monoisotopic (exact) mass is 210 g/mol. The summed E-state index contributed by atoms with van der Waals surface area (Å²) in [6.45, 7) is 2.19. The molecular weight excluding hydrogens is 204 g/mol. The Morgan fingerprint density at radius 1 is 1.20 bits per heavy atom. The van der Waals surface area contributed by atoms with Gasteiger partial charge in [-0.15, -0.1) is 23.2 Å². The summed E-state index contributed by atoms with van der Waals surface area (Å²) in [5, 5.41) is 0. The fourth-order valence-electron chi connectivity index (χ4n) is 0.124. The highest BCUT2D eigenvalue weighted by Crippen LogP contribution is 2.34. The molecule has 62 valence electrons. The molecule has 0 fully saturated rings. The van der Waals surface area contributed by atoms with E-state index in [0.29, 0.717) is 0 Å². The van der Waals surface area contributed by atoms with Crippen LogP contribution in [0.2, 0.25) is 13.1 Å². The van der Waals surface area contributed by atoms with Crippen LogP contribution < -0.4 is 0 Å². The lowest BCUT2D eigenvalue weighted by atomic mass is 11.5. The van der Waals surface area contributed by atoms with E-state index in [9.17, 15) is 13.2 Å². The lowest BCUT2D eigenvalue weighted by Crippen LogP contribution is -2.50. The van der Waals surface area contributed by atoms with E-state index in [1.807, 2.05) is 0 Å². The molecule has 0 saturated heterocycles. The van der Waals surface area contributed by atoms with Crippen LogP contribution in [0.5, 0.6) is 0 Å². The van der Waals surface area contributed by atoms with Gasteiger partial charge < -0.3 is 0 Å². The zero-order chi connectivity index (χ0) is 8.58. The van der Waals surface area contributed by atoms with Crippen molar-refractivity contribution < 1.29 is 13.2 Å². The second kappa shape index (κ2) is 2.91. The van der Waals surface area contributed by atoms with E-state index in [1.165, 1.54) is 0 Å². The summed E-state index contributed by atoms with van der Waals surface area (Å²) in [7, 11) is -3.45. The largest absolute Gasteiger partial charge is 0.363 e. The molecule has 0 nitrogen and oxygen atoms in total. The van der Waals surface area contributed by atoms with E-state index >= 15 is 0 Å². The van der Waals surface area contributed by atoms with Crippen molar-refractivity contribution in [3.63, 3.8) is 0 Å². The average molecular weight is 211 g/mol. The number of alkyl halides is 5. The summed E-state index contributed by atoms with van der Waals surface area (Å²) in [5.41, 5.74) is 0. The third kappa shape index (κ3) is 2.03. The van der Waals surface area contributed by atoms with Crippen molar-refractivity contribution in [1.82, 2.24) is 0 Å². The Balaban J connectivity index is 4.40. The molecule has 10 heavy (non-hydrogen) atoms. The molecule has 0 aromatic carbocycles. The highest BCUT2D eigenvalue weighted by atomic mass is 35.5. The molecule has 0 aromatic heterocycles. The molecule has 0 atom stereocenters. The van der Waals surface area contributed by atoms with Gasteiger partial charge in [0.15, 0.2) is 0 Å². The maximum Gasteiger partial charge on any atom is 0.363 e. The van der Waals surface area contributed by atoms with Gasteiger partial charge in [-0.25, -0.2) is 0 Å². The highest BCUT2D eigenvalue weighted by molar-refractivity contribution is 6.93. The molecule has 0 aliphatic carbocycles.